The van der Waals surface area contributed by atoms with Crippen LogP contribution in [0.1, 0.15) is 21.1 Å². The average molecular weight is 355 g/mol. The maximum Gasteiger partial charge on any atom is 0.270 e. The summed E-state index contributed by atoms with van der Waals surface area (Å²) in [5.41, 5.74) is 3.46. The highest BCUT2D eigenvalue weighted by atomic mass is 32.1. The predicted molar refractivity (Wildman–Crippen MR) is 100 cm³/mol. The summed E-state index contributed by atoms with van der Waals surface area (Å²) in [7, 11) is 1.77. The highest BCUT2D eigenvalue weighted by molar-refractivity contribution is 7.09. The van der Waals surface area contributed by atoms with Gasteiger partial charge in [-0.15, -0.1) is 11.3 Å². The van der Waals surface area contributed by atoms with Gasteiger partial charge in [0.25, 0.3) is 5.91 Å². The Hall–Kier alpha value is -2.60. The molecule has 0 spiro atoms. The van der Waals surface area contributed by atoms with Crippen molar-refractivity contribution >= 4 is 17.2 Å². The van der Waals surface area contributed by atoms with Gasteiger partial charge < -0.3 is 14.6 Å². The van der Waals surface area contributed by atoms with Crippen molar-refractivity contribution in [3.05, 3.63) is 58.2 Å². The van der Waals surface area contributed by atoms with E-state index in [1.807, 2.05) is 55.8 Å². The first-order valence-corrected chi connectivity index (χ1v) is 8.97. The molecule has 1 N–H and O–H groups in total. The number of nitrogens with zero attached hydrogens (tertiary/aromatic N) is 2. The smallest absolute Gasteiger partial charge is 0.270 e. The van der Waals surface area contributed by atoms with E-state index in [9.17, 15) is 4.79 Å². The first-order chi connectivity index (χ1) is 12.0. The number of nitrogens with one attached hydrogen (secondary N) is 1. The van der Waals surface area contributed by atoms with Gasteiger partial charge in [-0.3, -0.25) is 4.79 Å². The van der Waals surface area contributed by atoms with Crippen molar-refractivity contribution < 1.29 is 9.53 Å². The molecule has 3 rings (SSSR count). The third-order valence-electron chi connectivity index (χ3n) is 3.95. The molecule has 0 aliphatic rings. The fraction of sp³-hybridized carbons (Fsp3) is 0.263. The molecule has 5 nitrogen and oxygen atoms in total. The predicted octanol–water partition coefficient (Wildman–Crippen LogP) is 3.91. The molecule has 0 aliphatic carbocycles. The molecule has 0 radical (unpaired) electrons. The van der Waals surface area contributed by atoms with Crippen molar-refractivity contribution in [1.29, 1.82) is 0 Å². The molecule has 25 heavy (non-hydrogen) atoms. The van der Waals surface area contributed by atoms with Crippen LogP contribution in [0.15, 0.2) is 41.9 Å². The van der Waals surface area contributed by atoms with E-state index in [-0.39, 0.29) is 5.91 Å². The molecule has 2 heterocycles. The number of aromatic amines is 1. The van der Waals surface area contributed by atoms with E-state index in [1.54, 1.807) is 23.3 Å². The second-order valence-corrected chi connectivity index (χ2v) is 6.96. The number of aryl methyl sites for hydroxylation is 2. The Bertz CT molecular complexity index is 869. The lowest BCUT2D eigenvalue weighted by Crippen LogP contribution is -2.31. The van der Waals surface area contributed by atoms with Crippen molar-refractivity contribution in [3.63, 3.8) is 0 Å². The molecule has 0 saturated heterocycles. The van der Waals surface area contributed by atoms with E-state index < -0.39 is 0 Å². The summed E-state index contributed by atoms with van der Waals surface area (Å²) in [6.07, 6.45) is 1.82. The SMILES string of the molecule is Cc1nc(-c2c[nH]c(C(=O)N(C)CCOc3ccccc3C)c2)cs1. The summed E-state index contributed by atoms with van der Waals surface area (Å²) in [6, 6.07) is 9.70. The first-order valence-electron chi connectivity index (χ1n) is 8.09. The zero-order valence-corrected chi connectivity index (χ0v) is 15.4. The minimum atomic E-state index is -0.0633. The van der Waals surface area contributed by atoms with Gasteiger partial charge in [0, 0.05) is 24.2 Å². The van der Waals surface area contributed by atoms with Crippen LogP contribution in [-0.2, 0) is 0 Å². The number of thiazole rings is 1. The summed E-state index contributed by atoms with van der Waals surface area (Å²) in [5, 5.41) is 3.00. The molecule has 0 unspecified atom stereocenters. The molecular formula is C19H21N3O2S. The molecule has 0 atom stereocenters. The lowest BCUT2D eigenvalue weighted by molar-refractivity contribution is 0.0768. The molecule has 0 fully saturated rings. The first kappa shape index (κ1) is 17.2. The van der Waals surface area contributed by atoms with Crippen molar-refractivity contribution in [3.8, 4) is 17.0 Å². The van der Waals surface area contributed by atoms with Gasteiger partial charge in [0.15, 0.2) is 0 Å². The van der Waals surface area contributed by atoms with E-state index in [4.69, 9.17) is 4.74 Å². The van der Waals surface area contributed by atoms with Crippen molar-refractivity contribution in [1.82, 2.24) is 14.9 Å². The third kappa shape index (κ3) is 4.09. The average Bonchev–Trinajstić information content (AvgIpc) is 3.24. The van der Waals surface area contributed by atoms with Crippen LogP contribution in [0.5, 0.6) is 5.75 Å². The summed E-state index contributed by atoms with van der Waals surface area (Å²) < 4.78 is 5.76. The van der Waals surface area contributed by atoms with Crippen LogP contribution in [0, 0.1) is 13.8 Å². The number of benzene rings is 1. The number of carbonyl (C=O) groups is 1. The monoisotopic (exact) mass is 355 g/mol. The Morgan fingerprint density at radius 3 is 2.84 bits per heavy atom. The summed E-state index contributed by atoms with van der Waals surface area (Å²) >= 11 is 1.60. The van der Waals surface area contributed by atoms with Crippen molar-refractivity contribution in [2.75, 3.05) is 20.2 Å². The number of ether oxygens (including phenoxy) is 1. The molecule has 1 aromatic carbocycles. The van der Waals surface area contributed by atoms with Gasteiger partial charge in [-0.1, -0.05) is 18.2 Å². The van der Waals surface area contributed by atoms with E-state index in [0.29, 0.717) is 18.8 Å². The number of para-hydroxylation sites is 1. The molecule has 3 aromatic rings. The third-order valence-corrected chi connectivity index (χ3v) is 4.73. The second kappa shape index (κ2) is 7.53. The largest absolute Gasteiger partial charge is 0.491 e. The number of amides is 1. The molecular weight excluding hydrogens is 334 g/mol. The second-order valence-electron chi connectivity index (χ2n) is 5.89. The standard InChI is InChI=1S/C19H21N3O2S/c1-13-6-4-5-7-18(13)24-9-8-22(3)19(23)16-10-15(11-20-16)17-12-25-14(2)21-17/h4-7,10-12,20H,8-9H2,1-3H3. The van der Waals surface area contributed by atoms with Crippen LogP contribution >= 0.6 is 11.3 Å². The number of likely N-dealkylation sites (N-methyl/N-ethyl adjacent to an activating group) is 1. The Morgan fingerprint density at radius 1 is 1.32 bits per heavy atom. The zero-order chi connectivity index (χ0) is 17.8. The molecule has 130 valence electrons. The van der Waals surface area contributed by atoms with Gasteiger partial charge in [-0.25, -0.2) is 4.98 Å². The number of hydrogen-bond donors (Lipinski definition) is 1. The normalized spacial score (nSPS) is 10.7. The van der Waals surface area contributed by atoms with Gasteiger partial charge in [0.05, 0.1) is 17.2 Å². The number of H-pyrrole nitrogens is 1. The lowest BCUT2D eigenvalue weighted by atomic mass is 10.2. The fourth-order valence-electron chi connectivity index (χ4n) is 2.48. The topological polar surface area (TPSA) is 58.2 Å². The zero-order valence-electron chi connectivity index (χ0n) is 14.6. The lowest BCUT2D eigenvalue weighted by Gasteiger charge is -2.17. The highest BCUT2D eigenvalue weighted by Gasteiger charge is 2.15. The van der Waals surface area contributed by atoms with Crippen LogP contribution < -0.4 is 4.74 Å². The molecule has 0 bridgehead atoms. The number of hydrogen-bond acceptors (Lipinski definition) is 4. The van der Waals surface area contributed by atoms with E-state index in [0.717, 1.165) is 27.6 Å². The maximum atomic E-state index is 12.5. The Morgan fingerprint density at radius 2 is 2.12 bits per heavy atom. The Labute approximate surface area is 151 Å². The summed E-state index contributed by atoms with van der Waals surface area (Å²) in [6.45, 7) is 4.93. The molecule has 0 aliphatic heterocycles. The summed E-state index contributed by atoms with van der Waals surface area (Å²) in [4.78, 5) is 21.7. The highest BCUT2D eigenvalue weighted by Crippen LogP contribution is 2.22. The molecule has 6 heteroatoms. The quantitative estimate of drug-likeness (QED) is 0.729. The van der Waals surface area contributed by atoms with Crippen molar-refractivity contribution in [2.24, 2.45) is 0 Å². The van der Waals surface area contributed by atoms with E-state index in [1.165, 1.54) is 0 Å². The fourth-order valence-corrected chi connectivity index (χ4v) is 3.10. The van der Waals surface area contributed by atoms with Gasteiger partial charge in [-0.05, 0) is 31.5 Å². The Balaban J connectivity index is 1.57. The van der Waals surface area contributed by atoms with Gasteiger partial charge >= 0.3 is 0 Å². The van der Waals surface area contributed by atoms with E-state index in [2.05, 4.69) is 9.97 Å². The van der Waals surface area contributed by atoms with Gasteiger partial charge in [0.1, 0.15) is 18.1 Å². The van der Waals surface area contributed by atoms with Crippen molar-refractivity contribution in [2.45, 2.75) is 13.8 Å². The van der Waals surface area contributed by atoms with Crippen LogP contribution in [0.4, 0.5) is 0 Å². The Kier molecular flexibility index (Phi) is 5.19. The number of aromatic nitrogens is 2. The van der Waals surface area contributed by atoms with Crippen LogP contribution in [0.25, 0.3) is 11.3 Å². The van der Waals surface area contributed by atoms with Gasteiger partial charge in [0.2, 0.25) is 0 Å². The maximum absolute atomic E-state index is 12.5. The number of rotatable bonds is 6. The molecule has 1 amide bonds. The minimum Gasteiger partial charge on any atom is -0.491 e. The molecule has 0 saturated carbocycles. The summed E-state index contributed by atoms with van der Waals surface area (Å²) in [5.74, 6) is 0.788. The van der Waals surface area contributed by atoms with Crippen LogP contribution in [-0.4, -0.2) is 41.0 Å². The molecule has 2 aromatic heterocycles. The minimum absolute atomic E-state index is 0.0633. The van der Waals surface area contributed by atoms with Crippen LogP contribution in [0.3, 0.4) is 0 Å². The van der Waals surface area contributed by atoms with Gasteiger partial charge in [-0.2, -0.15) is 0 Å². The van der Waals surface area contributed by atoms with Crippen LogP contribution in [0.2, 0.25) is 0 Å². The number of carbonyl (C=O) groups excluding carboxylic acids is 1. The van der Waals surface area contributed by atoms with E-state index >= 15 is 0 Å².